The average molecular weight is 173 g/mol. The number of aliphatic hydroxyl groups excluding tert-OH is 1. The molecule has 3 nitrogen and oxygen atoms in total. The molecular formula is C9H19NO2. The van der Waals surface area contributed by atoms with Gasteiger partial charge < -0.3 is 15.2 Å². The van der Waals surface area contributed by atoms with Crippen molar-refractivity contribution in [2.24, 2.45) is 0 Å². The molecule has 0 aromatic rings. The van der Waals surface area contributed by atoms with Crippen molar-refractivity contribution in [3.05, 3.63) is 0 Å². The number of aliphatic hydroxyl groups is 1. The molecule has 0 amide bonds. The molecule has 0 aromatic carbocycles. The third-order valence-electron chi connectivity index (χ3n) is 2.54. The van der Waals surface area contributed by atoms with Crippen LogP contribution in [0.4, 0.5) is 0 Å². The van der Waals surface area contributed by atoms with E-state index in [0.29, 0.717) is 12.1 Å². The van der Waals surface area contributed by atoms with Crippen molar-refractivity contribution in [2.45, 2.75) is 44.9 Å². The molecular weight excluding hydrogens is 154 g/mol. The molecule has 2 N–H and O–H groups in total. The van der Waals surface area contributed by atoms with Gasteiger partial charge in [-0.2, -0.15) is 0 Å². The lowest BCUT2D eigenvalue weighted by Crippen LogP contribution is -2.43. The molecule has 0 aromatic heterocycles. The third-order valence-corrected chi connectivity index (χ3v) is 2.54. The Morgan fingerprint density at radius 2 is 2.42 bits per heavy atom. The molecule has 12 heavy (non-hydrogen) atoms. The van der Waals surface area contributed by atoms with Crippen LogP contribution < -0.4 is 5.32 Å². The summed E-state index contributed by atoms with van der Waals surface area (Å²) in [5.74, 6) is 0. The van der Waals surface area contributed by atoms with E-state index in [0.717, 1.165) is 19.4 Å². The Balaban J connectivity index is 2.28. The number of nitrogens with one attached hydrogen (secondary N) is 1. The highest BCUT2D eigenvalue weighted by Crippen LogP contribution is 2.13. The van der Waals surface area contributed by atoms with E-state index in [-0.39, 0.29) is 12.6 Å². The summed E-state index contributed by atoms with van der Waals surface area (Å²) in [6.07, 6.45) is 2.34. The van der Waals surface area contributed by atoms with Crippen molar-refractivity contribution in [1.29, 1.82) is 0 Å². The fourth-order valence-electron chi connectivity index (χ4n) is 1.55. The molecule has 1 aliphatic heterocycles. The van der Waals surface area contributed by atoms with Crippen LogP contribution in [0.25, 0.3) is 0 Å². The molecule has 1 heterocycles. The van der Waals surface area contributed by atoms with E-state index < -0.39 is 0 Å². The molecule has 1 rings (SSSR count). The van der Waals surface area contributed by atoms with Crippen molar-refractivity contribution >= 4 is 0 Å². The van der Waals surface area contributed by atoms with Gasteiger partial charge in [0.1, 0.15) is 0 Å². The van der Waals surface area contributed by atoms with E-state index in [1.54, 1.807) is 0 Å². The Morgan fingerprint density at radius 3 is 2.83 bits per heavy atom. The van der Waals surface area contributed by atoms with Gasteiger partial charge in [0.15, 0.2) is 0 Å². The maximum atomic E-state index is 8.97. The summed E-state index contributed by atoms with van der Waals surface area (Å²) in [5, 5.41) is 12.4. The highest BCUT2D eigenvalue weighted by atomic mass is 16.5. The van der Waals surface area contributed by atoms with Crippen LogP contribution in [0.3, 0.4) is 0 Å². The molecule has 1 aliphatic rings. The lowest BCUT2D eigenvalue weighted by Gasteiger charge is -2.21. The van der Waals surface area contributed by atoms with Crippen LogP contribution in [0.1, 0.15) is 26.7 Å². The van der Waals surface area contributed by atoms with Crippen molar-refractivity contribution in [3.63, 3.8) is 0 Å². The summed E-state index contributed by atoms with van der Waals surface area (Å²) in [7, 11) is 0. The zero-order valence-electron chi connectivity index (χ0n) is 7.92. The topological polar surface area (TPSA) is 41.5 Å². The quantitative estimate of drug-likeness (QED) is 0.651. The zero-order chi connectivity index (χ0) is 8.97. The van der Waals surface area contributed by atoms with Gasteiger partial charge >= 0.3 is 0 Å². The molecule has 1 saturated heterocycles. The minimum atomic E-state index is 0.222. The molecule has 1 fully saturated rings. The SMILES string of the molecule is CC[C@H](CO)NC1CCOC1C. The van der Waals surface area contributed by atoms with E-state index >= 15 is 0 Å². The maximum absolute atomic E-state index is 8.97. The first-order chi connectivity index (χ1) is 5.77. The molecule has 3 heteroatoms. The highest BCUT2D eigenvalue weighted by molar-refractivity contribution is 4.82. The van der Waals surface area contributed by atoms with Crippen molar-refractivity contribution < 1.29 is 9.84 Å². The van der Waals surface area contributed by atoms with E-state index in [1.807, 2.05) is 0 Å². The summed E-state index contributed by atoms with van der Waals surface area (Å²) >= 11 is 0. The predicted molar refractivity (Wildman–Crippen MR) is 48.1 cm³/mol. The van der Waals surface area contributed by atoms with Crippen LogP contribution >= 0.6 is 0 Å². The molecule has 0 bridgehead atoms. The molecule has 0 aliphatic carbocycles. The second-order valence-electron chi connectivity index (χ2n) is 3.43. The summed E-state index contributed by atoms with van der Waals surface area (Å²) in [6.45, 7) is 5.23. The first-order valence-corrected chi connectivity index (χ1v) is 4.76. The monoisotopic (exact) mass is 173 g/mol. The van der Waals surface area contributed by atoms with Gasteiger partial charge in [0.2, 0.25) is 0 Å². The van der Waals surface area contributed by atoms with Gasteiger partial charge in [-0.15, -0.1) is 0 Å². The van der Waals surface area contributed by atoms with Gasteiger partial charge in [-0.3, -0.25) is 0 Å². The van der Waals surface area contributed by atoms with Crippen molar-refractivity contribution in [1.82, 2.24) is 5.32 Å². The maximum Gasteiger partial charge on any atom is 0.0700 e. The van der Waals surface area contributed by atoms with Crippen LogP contribution in [0, 0.1) is 0 Å². The summed E-state index contributed by atoms with van der Waals surface area (Å²) < 4.78 is 5.41. The number of rotatable bonds is 4. The number of hydrogen-bond donors (Lipinski definition) is 2. The Bertz CT molecular complexity index is 126. The van der Waals surface area contributed by atoms with Crippen LogP contribution in [0.5, 0.6) is 0 Å². The average Bonchev–Trinajstić information content (AvgIpc) is 2.47. The fourth-order valence-corrected chi connectivity index (χ4v) is 1.55. The minimum absolute atomic E-state index is 0.222. The molecule has 3 atom stereocenters. The Kier molecular flexibility index (Phi) is 3.98. The van der Waals surface area contributed by atoms with Crippen LogP contribution in [0.15, 0.2) is 0 Å². The molecule has 2 unspecified atom stereocenters. The van der Waals surface area contributed by atoms with Crippen LogP contribution in [-0.4, -0.2) is 36.5 Å². The van der Waals surface area contributed by atoms with Gasteiger partial charge in [0, 0.05) is 18.7 Å². The van der Waals surface area contributed by atoms with Gasteiger partial charge in [-0.05, 0) is 19.8 Å². The minimum Gasteiger partial charge on any atom is -0.395 e. The van der Waals surface area contributed by atoms with Crippen molar-refractivity contribution in [2.75, 3.05) is 13.2 Å². The van der Waals surface area contributed by atoms with E-state index in [9.17, 15) is 0 Å². The molecule has 72 valence electrons. The highest BCUT2D eigenvalue weighted by Gasteiger charge is 2.25. The van der Waals surface area contributed by atoms with Crippen LogP contribution in [0.2, 0.25) is 0 Å². The number of hydrogen-bond acceptors (Lipinski definition) is 3. The van der Waals surface area contributed by atoms with Gasteiger partial charge in [0.05, 0.1) is 12.7 Å². The summed E-state index contributed by atoms with van der Waals surface area (Å²) in [4.78, 5) is 0. The fraction of sp³-hybridized carbons (Fsp3) is 1.00. The summed E-state index contributed by atoms with van der Waals surface area (Å²) in [6, 6.07) is 0.668. The lowest BCUT2D eigenvalue weighted by atomic mass is 10.1. The van der Waals surface area contributed by atoms with E-state index in [2.05, 4.69) is 19.2 Å². The van der Waals surface area contributed by atoms with Gasteiger partial charge in [-0.1, -0.05) is 6.92 Å². The zero-order valence-corrected chi connectivity index (χ0v) is 7.92. The summed E-state index contributed by atoms with van der Waals surface area (Å²) in [5.41, 5.74) is 0. The van der Waals surface area contributed by atoms with Gasteiger partial charge in [0.25, 0.3) is 0 Å². The standard InChI is InChI=1S/C9H19NO2/c1-3-8(6-11)10-9-4-5-12-7(9)2/h7-11H,3-6H2,1-2H3/t7?,8-,9?/m1/s1. The van der Waals surface area contributed by atoms with Crippen LogP contribution in [-0.2, 0) is 4.74 Å². The largest absolute Gasteiger partial charge is 0.395 e. The van der Waals surface area contributed by atoms with Gasteiger partial charge in [-0.25, -0.2) is 0 Å². The Hall–Kier alpha value is -0.120. The first kappa shape index (κ1) is 9.96. The molecule has 0 saturated carbocycles. The second kappa shape index (κ2) is 4.80. The van der Waals surface area contributed by atoms with E-state index in [4.69, 9.17) is 9.84 Å². The predicted octanol–water partition coefficient (Wildman–Crippen LogP) is 0.524. The van der Waals surface area contributed by atoms with E-state index in [1.165, 1.54) is 0 Å². The smallest absolute Gasteiger partial charge is 0.0700 e. The normalized spacial score (nSPS) is 32.2. The lowest BCUT2D eigenvalue weighted by molar-refractivity contribution is 0.107. The second-order valence-corrected chi connectivity index (χ2v) is 3.43. The van der Waals surface area contributed by atoms with Crippen molar-refractivity contribution in [3.8, 4) is 0 Å². The number of ether oxygens (including phenoxy) is 1. The first-order valence-electron chi connectivity index (χ1n) is 4.76. The third kappa shape index (κ3) is 2.44. The Labute approximate surface area is 74.1 Å². The Morgan fingerprint density at radius 1 is 1.67 bits per heavy atom. The molecule has 0 radical (unpaired) electrons. The molecule has 0 spiro atoms.